The Balaban J connectivity index is 2.50. The second-order valence-corrected chi connectivity index (χ2v) is 5.02. The Hall–Kier alpha value is -2.57. The second-order valence-electron chi connectivity index (χ2n) is 5.02. The molecule has 0 aliphatic carbocycles. The average molecular weight is 322 g/mol. The number of aliphatic carboxylic acids is 1. The number of carboxylic acid groups (broad SMARTS) is 1. The fourth-order valence-electron chi connectivity index (χ4n) is 1.94. The van der Waals surface area contributed by atoms with Crippen LogP contribution in [0.1, 0.15) is 36.5 Å². The van der Waals surface area contributed by atoms with Crippen LogP contribution in [0.3, 0.4) is 0 Å². The summed E-state index contributed by atoms with van der Waals surface area (Å²) in [6.45, 7) is 1.65. The third-order valence-corrected chi connectivity index (χ3v) is 3.22. The summed E-state index contributed by atoms with van der Waals surface area (Å²) in [6.07, 6.45) is 1.90. The van der Waals surface area contributed by atoms with Gasteiger partial charge in [0.05, 0.1) is 13.7 Å². The molecule has 2 amide bonds. The molecule has 1 aromatic carbocycles. The van der Waals surface area contributed by atoms with Gasteiger partial charge in [-0.3, -0.25) is 9.59 Å². The maximum absolute atomic E-state index is 11.9. The third-order valence-electron chi connectivity index (χ3n) is 3.22. The Morgan fingerprint density at radius 1 is 1.30 bits per heavy atom. The van der Waals surface area contributed by atoms with Gasteiger partial charge in [-0.15, -0.1) is 0 Å². The molecule has 23 heavy (non-hydrogen) atoms. The molecule has 3 N–H and O–H groups in total. The highest BCUT2D eigenvalue weighted by molar-refractivity contribution is 5.97. The zero-order valence-electron chi connectivity index (χ0n) is 13.3. The van der Waals surface area contributed by atoms with E-state index >= 15 is 0 Å². The summed E-state index contributed by atoms with van der Waals surface area (Å²) in [7, 11) is 1.49. The number of nitrogens with one attached hydrogen (secondary N) is 2. The minimum absolute atomic E-state index is 0.286. The highest BCUT2D eigenvalue weighted by atomic mass is 16.5. The van der Waals surface area contributed by atoms with Gasteiger partial charge in [-0.1, -0.05) is 25.8 Å². The van der Waals surface area contributed by atoms with Crippen LogP contribution in [0.15, 0.2) is 24.3 Å². The molecule has 0 aliphatic heterocycles. The number of benzene rings is 1. The number of hydrogen-bond acceptors (Lipinski definition) is 4. The average Bonchev–Trinajstić information content (AvgIpc) is 2.56. The minimum Gasteiger partial charge on any atom is -0.497 e. The van der Waals surface area contributed by atoms with Gasteiger partial charge in [-0.2, -0.15) is 0 Å². The van der Waals surface area contributed by atoms with Crippen molar-refractivity contribution in [3.05, 3.63) is 29.8 Å². The summed E-state index contributed by atoms with van der Waals surface area (Å²) in [6, 6.07) is 5.58. The largest absolute Gasteiger partial charge is 0.497 e. The maximum atomic E-state index is 11.9. The Kier molecular flexibility index (Phi) is 7.59. The quantitative estimate of drug-likeness (QED) is 0.633. The van der Waals surface area contributed by atoms with Crippen LogP contribution >= 0.6 is 0 Å². The van der Waals surface area contributed by atoms with E-state index < -0.39 is 23.8 Å². The summed E-state index contributed by atoms with van der Waals surface area (Å²) in [5.41, 5.74) is 0.359. The molecule has 0 radical (unpaired) electrons. The molecule has 1 unspecified atom stereocenters. The van der Waals surface area contributed by atoms with Crippen LogP contribution in [0, 0.1) is 0 Å². The monoisotopic (exact) mass is 322 g/mol. The van der Waals surface area contributed by atoms with E-state index in [0.717, 1.165) is 6.42 Å². The standard InChI is InChI=1S/C16H22N2O5/c1-3-4-8-13(16(21)22)18-14(19)10-17-15(20)11-6-5-7-12(9-11)23-2/h5-7,9,13H,3-4,8,10H2,1-2H3,(H,17,20)(H,18,19)(H,21,22). The lowest BCUT2D eigenvalue weighted by molar-refractivity contribution is -0.141. The Labute approximate surface area is 135 Å². The summed E-state index contributed by atoms with van der Waals surface area (Å²) in [4.78, 5) is 34.8. The van der Waals surface area contributed by atoms with Crippen LogP contribution in [-0.2, 0) is 9.59 Å². The van der Waals surface area contributed by atoms with Crippen molar-refractivity contribution in [3.8, 4) is 5.75 Å². The van der Waals surface area contributed by atoms with Gasteiger partial charge < -0.3 is 20.5 Å². The molecule has 0 heterocycles. The fraction of sp³-hybridized carbons (Fsp3) is 0.438. The molecular weight excluding hydrogens is 300 g/mol. The number of carbonyl (C=O) groups excluding carboxylic acids is 2. The van der Waals surface area contributed by atoms with Crippen LogP contribution in [0.5, 0.6) is 5.75 Å². The van der Waals surface area contributed by atoms with Gasteiger partial charge in [-0.05, 0) is 24.6 Å². The number of ether oxygens (including phenoxy) is 1. The lowest BCUT2D eigenvalue weighted by atomic mass is 10.1. The first-order valence-corrected chi connectivity index (χ1v) is 7.42. The molecule has 0 aromatic heterocycles. The highest BCUT2D eigenvalue weighted by Gasteiger charge is 2.19. The van der Waals surface area contributed by atoms with Gasteiger partial charge >= 0.3 is 5.97 Å². The zero-order chi connectivity index (χ0) is 17.2. The predicted octanol–water partition coefficient (Wildman–Crippen LogP) is 1.18. The van der Waals surface area contributed by atoms with Crippen molar-refractivity contribution < 1.29 is 24.2 Å². The molecular formula is C16H22N2O5. The molecule has 0 bridgehead atoms. The van der Waals surface area contributed by atoms with Crippen LogP contribution in [-0.4, -0.2) is 42.6 Å². The van der Waals surface area contributed by atoms with Gasteiger partial charge in [0, 0.05) is 5.56 Å². The van der Waals surface area contributed by atoms with Crippen molar-refractivity contribution in [2.24, 2.45) is 0 Å². The van der Waals surface area contributed by atoms with E-state index in [9.17, 15) is 14.4 Å². The van der Waals surface area contributed by atoms with E-state index in [2.05, 4.69) is 10.6 Å². The number of carboxylic acids is 1. The lowest BCUT2D eigenvalue weighted by Gasteiger charge is -2.14. The molecule has 1 aromatic rings. The second kappa shape index (κ2) is 9.45. The van der Waals surface area contributed by atoms with Crippen LogP contribution in [0.25, 0.3) is 0 Å². The van der Waals surface area contributed by atoms with Crippen molar-refractivity contribution in [1.29, 1.82) is 0 Å². The van der Waals surface area contributed by atoms with E-state index in [-0.39, 0.29) is 6.54 Å². The number of methoxy groups -OCH3 is 1. The van der Waals surface area contributed by atoms with Crippen molar-refractivity contribution in [2.75, 3.05) is 13.7 Å². The summed E-state index contributed by atoms with van der Waals surface area (Å²) in [5.74, 6) is -1.51. The Morgan fingerprint density at radius 3 is 2.65 bits per heavy atom. The van der Waals surface area contributed by atoms with E-state index in [1.165, 1.54) is 7.11 Å². The number of unbranched alkanes of at least 4 members (excludes halogenated alkanes) is 1. The molecule has 126 valence electrons. The normalized spacial score (nSPS) is 11.4. The molecule has 1 rings (SSSR count). The first-order chi connectivity index (χ1) is 11.0. The van der Waals surface area contributed by atoms with Crippen molar-refractivity contribution >= 4 is 17.8 Å². The minimum atomic E-state index is -1.08. The first kappa shape index (κ1) is 18.5. The topological polar surface area (TPSA) is 105 Å². The van der Waals surface area contributed by atoms with E-state index in [1.54, 1.807) is 24.3 Å². The predicted molar refractivity (Wildman–Crippen MR) is 84.4 cm³/mol. The third kappa shape index (κ3) is 6.37. The lowest BCUT2D eigenvalue weighted by Crippen LogP contribution is -2.45. The molecule has 7 nitrogen and oxygen atoms in total. The first-order valence-electron chi connectivity index (χ1n) is 7.42. The van der Waals surface area contributed by atoms with Crippen LogP contribution < -0.4 is 15.4 Å². The fourth-order valence-corrected chi connectivity index (χ4v) is 1.94. The summed E-state index contributed by atoms with van der Waals surface area (Å²) >= 11 is 0. The van der Waals surface area contributed by atoms with E-state index in [4.69, 9.17) is 9.84 Å². The van der Waals surface area contributed by atoms with Gasteiger partial charge in [-0.25, -0.2) is 4.79 Å². The van der Waals surface area contributed by atoms with Crippen molar-refractivity contribution in [2.45, 2.75) is 32.2 Å². The van der Waals surface area contributed by atoms with Crippen LogP contribution in [0.2, 0.25) is 0 Å². The number of hydrogen-bond donors (Lipinski definition) is 3. The van der Waals surface area contributed by atoms with Crippen LogP contribution in [0.4, 0.5) is 0 Å². The number of carbonyl (C=O) groups is 3. The molecule has 0 aliphatic rings. The molecule has 0 fully saturated rings. The smallest absolute Gasteiger partial charge is 0.326 e. The van der Waals surface area contributed by atoms with Gasteiger partial charge in [0.2, 0.25) is 5.91 Å². The van der Waals surface area contributed by atoms with Crippen molar-refractivity contribution in [1.82, 2.24) is 10.6 Å². The maximum Gasteiger partial charge on any atom is 0.326 e. The Bertz CT molecular complexity index is 559. The number of amides is 2. The number of rotatable bonds is 9. The van der Waals surface area contributed by atoms with Gasteiger partial charge in [0.25, 0.3) is 5.91 Å². The van der Waals surface area contributed by atoms with Crippen molar-refractivity contribution in [3.63, 3.8) is 0 Å². The van der Waals surface area contributed by atoms with E-state index in [1.807, 2.05) is 6.92 Å². The van der Waals surface area contributed by atoms with Gasteiger partial charge in [0.1, 0.15) is 11.8 Å². The Morgan fingerprint density at radius 2 is 2.04 bits per heavy atom. The SMILES string of the molecule is CCCCC(NC(=O)CNC(=O)c1cccc(OC)c1)C(=O)O. The van der Waals surface area contributed by atoms with Gasteiger partial charge in [0.15, 0.2) is 0 Å². The molecule has 1 atom stereocenters. The molecule has 0 spiro atoms. The summed E-state index contributed by atoms with van der Waals surface area (Å²) in [5, 5.41) is 13.9. The van der Waals surface area contributed by atoms with E-state index in [0.29, 0.717) is 24.2 Å². The molecule has 0 saturated carbocycles. The molecule has 0 saturated heterocycles. The summed E-state index contributed by atoms with van der Waals surface area (Å²) < 4.78 is 5.02. The zero-order valence-corrected chi connectivity index (χ0v) is 13.3. The highest BCUT2D eigenvalue weighted by Crippen LogP contribution is 2.12. The molecule has 7 heteroatoms.